The van der Waals surface area contributed by atoms with Gasteiger partial charge in [-0.3, -0.25) is 9.52 Å². The van der Waals surface area contributed by atoms with Gasteiger partial charge in [0.25, 0.3) is 10.0 Å². The first-order valence-electron chi connectivity index (χ1n) is 9.45. The molecule has 0 heterocycles. The lowest BCUT2D eigenvalue weighted by atomic mass is 10.2. The van der Waals surface area contributed by atoms with E-state index in [0.717, 1.165) is 11.3 Å². The molecule has 0 spiro atoms. The summed E-state index contributed by atoms with van der Waals surface area (Å²) in [6, 6.07) is 21.5. The summed E-state index contributed by atoms with van der Waals surface area (Å²) in [6.07, 6.45) is 0. The molecule has 3 aromatic rings. The van der Waals surface area contributed by atoms with Gasteiger partial charge in [0.1, 0.15) is 0 Å². The van der Waals surface area contributed by atoms with Crippen LogP contribution in [0.4, 0.5) is 11.4 Å². The van der Waals surface area contributed by atoms with E-state index in [1.807, 2.05) is 44.2 Å². The highest BCUT2D eigenvalue weighted by atomic mass is 32.2. The highest BCUT2D eigenvalue weighted by Crippen LogP contribution is 2.21. The number of nitrogens with one attached hydrogen (secondary N) is 2. The van der Waals surface area contributed by atoms with Crippen LogP contribution >= 0.6 is 11.8 Å². The van der Waals surface area contributed by atoms with E-state index < -0.39 is 10.0 Å². The normalized spacial score (nSPS) is 11.1. The van der Waals surface area contributed by atoms with Crippen molar-refractivity contribution in [3.63, 3.8) is 0 Å². The van der Waals surface area contributed by atoms with E-state index >= 15 is 0 Å². The minimum Gasteiger partial charge on any atom is -0.325 e. The van der Waals surface area contributed by atoms with Crippen molar-refractivity contribution in [1.29, 1.82) is 0 Å². The molecule has 7 heteroatoms. The van der Waals surface area contributed by atoms with Gasteiger partial charge >= 0.3 is 0 Å². The fourth-order valence-electron chi connectivity index (χ4n) is 2.87. The first-order chi connectivity index (χ1) is 14.3. The number of hydrogen-bond donors (Lipinski definition) is 2. The van der Waals surface area contributed by atoms with E-state index in [2.05, 4.69) is 16.1 Å². The van der Waals surface area contributed by atoms with Crippen LogP contribution in [0.2, 0.25) is 0 Å². The Morgan fingerprint density at radius 1 is 0.933 bits per heavy atom. The third kappa shape index (κ3) is 6.11. The van der Waals surface area contributed by atoms with Gasteiger partial charge in [-0.15, -0.1) is 11.8 Å². The molecular formula is C23H24N2O3S2. The Balaban J connectivity index is 1.54. The maximum atomic E-state index is 12.6. The van der Waals surface area contributed by atoms with Crippen LogP contribution in [0.1, 0.15) is 16.7 Å². The molecule has 156 valence electrons. The Hall–Kier alpha value is -2.77. The molecule has 1 amide bonds. The zero-order valence-electron chi connectivity index (χ0n) is 16.9. The first-order valence-corrected chi connectivity index (χ1v) is 12.1. The lowest BCUT2D eigenvalue weighted by Gasteiger charge is -2.11. The van der Waals surface area contributed by atoms with Crippen molar-refractivity contribution in [3.8, 4) is 0 Å². The molecule has 0 aliphatic rings. The number of hydrogen-bond acceptors (Lipinski definition) is 4. The van der Waals surface area contributed by atoms with Gasteiger partial charge in [0.15, 0.2) is 0 Å². The van der Waals surface area contributed by atoms with Crippen LogP contribution in [-0.2, 0) is 20.6 Å². The third-order valence-electron chi connectivity index (χ3n) is 4.42. The molecule has 0 saturated carbocycles. The SMILES string of the molecule is Cc1cccc(CSCC(=O)Nc2ccc(S(=O)(=O)Nc3ccccc3C)cc2)c1. The molecule has 3 rings (SSSR count). The summed E-state index contributed by atoms with van der Waals surface area (Å²) in [4.78, 5) is 12.3. The maximum Gasteiger partial charge on any atom is 0.261 e. The van der Waals surface area contributed by atoms with Crippen molar-refractivity contribution in [1.82, 2.24) is 0 Å². The largest absolute Gasteiger partial charge is 0.325 e. The summed E-state index contributed by atoms with van der Waals surface area (Å²) in [5.41, 5.74) is 4.33. The molecule has 0 aliphatic carbocycles. The number of amides is 1. The summed E-state index contributed by atoms with van der Waals surface area (Å²) in [5.74, 6) is 0.959. The van der Waals surface area contributed by atoms with Crippen LogP contribution < -0.4 is 10.0 Å². The van der Waals surface area contributed by atoms with Crippen LogP contribution in [0.25, 0.3) is 0 Å². The molecule has 5 nitrogen and oxygen atoms in total. The predicted octanol–water partition coefficient (Wildman–Crippen LogP) is 4.98. The van der Waals surface area contributed by atoms with Crippen molar-refractivity contribution >= 4 is 39.1 Å². The Labute approximate surface area is 182 Å². The Kier molecular flexibility index (Phi) is 7.18. The number of anilines is 2. The van der Waals surface area contributed by atoms with Crippen molar-refractivity contribution in [2.75, 3.05) is 15.8 Å². The molecule has 0 saturated heterocycles. The van der Waals surface area contributed by atoms with E-state index in [9.17, 15) is 13.2 Å². The zero-order valence-corrected chi connectivity index (χ0v) is 18.5. The summed E-state index contributed by atoms with van der Waals surface area (Å²) in [5, 5.41) is 2.80. The van der Waals surface area contributed by atoms with E-state index in [0.29, 0.717) is 17.1 Å². The highest BCUT2D eigenvalue weighted by Gasteiger charge is 2.15. The molecule has 0 bridgehead atoms. The number of thioether (sulfide) groups is 1. The summed E-state index contributed by atoms with van der Waals surface area (Å²) >= 11 is 1.53. The first kappa shape index (κ1) is 21.9. The number of sulfonamides is 1. The van der Waals surface area contributed by atoms with Gasteiger partial charge in [-0.05, 0) is 55.3 Å². The summed E-state index contributed by atoms with van der Waals surface area (Å²) in [6.45, 7) is 3.88. The Bertz CT molecular complexity index is 1130. The second-order valence-corrected chi connectivity index (χ2v) is 9.64. The van der Waals surface area contributed by atoms with Crippen LogP contribution in [0.5, 0.6) is 0 Å². The molecule has 0 atom stereocenters. The highest BCUT2D eigenvalue weighted by molar-refractivity contribution is 7.99. The van der Waals surface area contributed by atoms with E-state index in [4.69, 9.17) is 0 Å². The molecule has 0 fully saturated rings. The van der Waals surface area contributed by atoms with Gasteiger partial charge in [0.05, 0.1) is 16.3 Å². The second kappa shape index (κ2) is 9.82. The molecule has 0 aromatic heterocycles. The van der Waals surface area contributed by atoms with Gasteiger partial charge in [-0.25, -0.2) is 8.42 Å². The second-order valence-electron chi connectivity index (χ2n) is 6.97. The van der Waals surface area contributed by atoms with Gasteiger partial charge in [0, 0.05) is 11.4 Å². The van der Waals surface area contributed by atoms with Crippen molar-refractivity contribution in [3.05, 3.63) is 89.5 Å². The van der Waals surface area contributed by atoms with Gasteiger partial charge in [-0.1, -0.05) is 48.0 Å². The van der Waals surface area contributed by atoms with Gasteiger partial charge in [-0.2, -0.15) is 0 Å². The fourth-order valence-corrected chi connectivity index (χ4v) is 4.77. The Morgan fingerprint density at radius 3 is 2.37 bits per heavy atom. The monoisotopic (exact) mass is 440 g/mol. The van der Waals surface area contributed by atoms with E-state index in [1.165, 1.54) is 35.0 Å². The summed E-state index contributed by atoms with van der Waals surface area (Å²) < 4.78 is 27.8. The maximum absolute atomic E-state index is 12.6. The molecule has 30 heavy (non-hydrogen) atoms. The number of aryl methyl sites for hydroxylation is 2. The van der Waals surface area contributed by atoms with Crippen molar-refractivity contribution in [2.24, 2.45) is 0 Å². The van der Waals surface area contributed by atoms with Crippen LogP contribution in [0.15, 0.2) is 77.7 Å². The molecule has 0 unspecified atom stereocenters. The summed E-state index contributed by atoms with van der Waals surface area (Å²) in [7, 11) is -3.70. The smallest absolute Gasteiger partial charge is 0.261 e. The number of carbonyl (C=O) groups is 1. The quantitative estimate of drug-likeness (QED) is 0.518. The minimum atomic E-state index is -3.70. The number of para-hydroxylation sites is 1. The molecule has 2 N–H and O–H groups in total. The third-order valence-corrected chi connectivity index (χ3v) is 6.81. The lowest BCUT2D eigenvalue weighted by Crippen LogP contribution is -2.15. The lowest BCUT2D eigenvalue weighted by molar-refractivity contribution is -0.113. The van der Waals surface area contributed by atoms with Crippen molar-refractivity contribution in [2.45, 2.75) is 24.5 Å². The van der Waals surface area contributed by atoms with E-state index in [1.54, 1.807) is 24.3 Å². The fraction of sp³-hybridized carbons (Fsp3) is 0.174. The standard InChI is InChI=1S/C23H24N2O3S2/c1-17-6-5-8-19(14-17)15-29-16-23(26)24-20-10-12-21(13-11-20)30(27,28)25-22-9-4-3-7-18(22)2/h3-14,25H,15-16H2,1-2H3,(H,24,26). The zero-order chi connectivity index (χ0) is 21.6. The van der Waals surface area contributed by atoms with Gasteiger partial charge in [0.2, 0.25) is 5.91 Å². The van der Waals surface area contributed by atoms with Crippen LogP contribution in [-0.4, -0.2) is 20.1 Å². The van der Waals surface area contributed by atoms with Crippen LogP contribution in [0.3, 0.4) is 0 Å². The average molecular weight is 441 g/mol. The number of carbonyl (C=O) groups excluding carboxylic acids is 1. The number of rotatable bonds is 8. The topological polar surface area (TPSA) is 75.3 Å². The van der Waals surface area contributed by atoms with E-state index in [-0.39, 0.29) is 10.8 Å². The number of benzene rings is 3. The molecule has 0 aliphatic heterocycles. The average Bonchev–Trinajstić information content (AvgIpc) is 2.70. The van der Waals surface area contributed by atoms with Crippen molar-refractivity contribution < 1.29 is 13.2 Å². The van der Waals surface area contributed by atoms with Gasteiger partial charge < -0.3 is 5.32 Å². The molecule has 0 radical (unpaired) electrons. The van der Waals surface area contributed by atoms with Crippen LogP contribution in [0, 0.1) is 13.8 Å². The minimum absolute atomic E-state index is 0.124. The Morgan fingerprint density at radius 2 is 1.67 bits per heavy atom. The predicted molar refractivity (Wildman–Crippen MR) is 124 cm³/mol. The molecular weight excluding hydrogens is 416 g/mol. The molecule has 3 aromatic carbocycles.